The highest BCUT2D eigenvalue weighted by Gasteiger charge is 2.06. The Morgan fingerprint density at radius 2 is 2.25 bits per heavy atom. The average molecular weight is 223 g/mol. The Balaban J connectivity index is 2.42. The van der Waals surface area contributed by atoms with Crippen LogP contribution in [0.1, 0.15) is 44.0 Å². The molecule has 0 aliphatic rings. The van der Waals surface area contributed by atoms with Crippen molar-refractivity contribution < 1.29 is 9.53 Å². The SMILES string of the molecule is CCCC(=O)c1ccn(CCOC(C)C)c1. The summed E-state index contributed by atoms with van der Waals surface area (Å²) in [6.45, 7) is 7.55. The van der Waals surface area contributed by atoms with Crippen molar-refractivity contribution in [2.45, 2.75) is 46.3 Å². The number of carbonyl (C=O) groups excluding carboxylic acids is 1. The van der Waals surface area contributed by atoms with E-state index in [9.17, 15) is 4.79 Å². The van der Waals surface area contributed by atoms with Crippen molar-refractivity contribution in [2.75, 3.05) is 6.61 Å². The topological polar surface area (TPSA) is 31.2 Å². The second-order valence-corrected chi connectivity index (χ2v) is 4.23. The van der Waals surface area contributed by atoms with Crippen LogP contribution in [0.25, 0.3) is 0 Å². The highest BCUT2D eigenvalue weighted by atomic mass is 16.5. The molecule has 0 aliphatic heterocycles. The molecule has 0 saturated carbocycles. The summed E-state index contributed by atoms with van der Waals surface area (Å²) in [6.07, 6.45) is 5.64. The zero-order valence-electron chi connectivity index (χ0n) is 10.4. The number of aromatic nitrogens is 1. The molecule has 0 radical (unpaired) electrons. The zero-order valence-corrected chi connectivity index (χ0v) is 10.4. The van der Waals surface area contributed by atoms with E-state index in [-0.39, 0.29) is 11.9 Å². The average Bonchev–Trinajstić information content (AvgIpc) is 2.66. The van der Waals surface area contributed by atoms with E-state index in [1.54, 1.807) is 0 Å². The lowest BCUT2D eigenvalue weighted by Gasteiger charge is -2.07. The van der Waals surface area contributed by atoms with Crippen LogP contribution in [0.3, 0.4) is 0 Å². The monoisotopic (exact) mass is 223 g/mol. The summed E-state index contributed by atoms with van der Waals surface area (Å²) in [6, 6.07) is 1.88. The maximum Gasteiger partial charge on any atom is 0.164 e. The first kappa shape index (κ1) is 13.0. The molecule has 90 valence electrons. The number of hydrogen-bond donors (Lipinski definition) is 0. The number of Topliss-reactive ketones (excluding diaryl/α,β-unsaturated/α-hetero) is 1. The van der Waals surface area contributed by atoms with Gasteiger partial charge in [0.15, 0.2) is 5.78 Å². The third-order valence-corrected chi connectivity index (χ3v) is 2.35. The van der Waals surface area contributed by atoms with E-state index in [4.69, 9.17) is 4.74 Å². The van der Waals surface area contributed by atoms with Crippen molar-refractivity contribution in [1.82, 2.24) is 4.57 Å². The summed E-state index contributed by atoms with van der Waals surface area (Å²) in [5.74, 6) is 0.228. The lowest BCUT2D eigenvalue weighted by Crippen LogP contribution is -2.09. The van der Waals surface area contributed by atoms with Gasteiger partial charge in [-0.1, -0.05) is 6.92 Å². The molecule has 16 heavy (non-hydrogen) atoms. The number of ether oxygens (including phenoxy) is 1. The number of nitrogens with zero attached hydrogens (tertiary/aromatic N) is 1. The van der Waals surface area contributed by atoms with Crippen LogP contribution in [0.2, 0.25) is 0 Å². The molecule has 0 N–H and O–H groups in total. The summed E-state index contributed by atoms with van der Waals surface area (Å²) in [5, 5.41) is 0. The Hall–Kier alpha value is -1.09. The van der Waals surface area contributed by atoms with Gasteiger partial charge in [-0.2, -0.15) is 0 Å². The molecule has 3 nitrogen and oxygen atoms in total. The highest BCUT2D eigenvalue weighted by Crippen LogP contribution is 2.06. The van der Waals surface area contributed by atoms with Crippen molar-refractivity contribution in [3.05, 3.63) is 24.0 Å². The molecule has 0 saturated heterocycles. The Bertz CT molecular complexity index is 328. The van der Waals surface area contributed by atoms with Crippen molar-refractivity contribution in [3.8, 4) is 0 Å². The van der Waals surface area contributed by atoms with Gasteiger partial charge in [0.2, 0.25) is 0 Å². The van der Waals surface area contributed by atoms with Gasteiger partial charge in [-0.25, -0.2) is 0 Å². The second-order valence-electron chi connectivity index (χ2n) is 4.23. The predicted octanol–water partition coefficient (Wildman–Crippen LogP) is 2.90. The maximum absolute atomic E-state index is 11.6. The van der Waals surface area contributed by atoms with E-state index in [2.05, 4.69) is 0 Å². The molecular formula is C13H21NO2. The first-order chi connectivity index (χ1) is 7.63. The van der Waals surface area contributed by atoms with E-state index < -0.39 is 0 Å². The molecule has 1 rings (SSSR count). The fourth-order valence-corrected chi connectivity index (χ4v) is 1.51. The quantitative estimate of drug-likeness (QED) is 0.665. The minimum Gasteiger partial charge on any atom is -0.377 e. The fraction of sp³-hybridized carbons (Fsp3) is 0.615. The van der Waals surface area contributed by atoms with Crippen LogP contribution >= 0.6 is 0 Å². The molecule has 1 aromatic heterocycles. The normalized spacial score (nSPS) is 11.0. The summed E-state index contributed by atoms with van der Waals surface area (Å²) in [4.78, 5) is 11.6. The van der Waals surface area contributed by atoms with E-state index in [1.165, 1.54) is 0 Å². The van der Waals surface area contributed by atoms with Crippen molar-refractivity contribution >= 4 is 5.78 Å². The van der Waals surface area contributed by atoms with Gasteiger partial charge in [-0.3, -0.25) is 4.79 Å². The molecule has 3 heteroatoms. The first-order valence-electron chi connectivity index (χ1n) is 5.94. The largest absolute Gasteiger partial charge is 0.377 e. The number of hydrogen-bond acceptors (Lipinski definition) is 2. The Kier molecular flexibility index (Phi) is 5.26. The fourth-order valence-electron chi connectivity index (χ4n) is 1.51. The van der Waals surface area contributed by atoms with Crippen molar-refractivity contribution in [3.63, 3.8) is 0 Å². The molecular weight excluding hydrogens is 202 g/mol. The van der Waals surface area contributed by atoms with Gasteiger partial charge in [0.25, 0.3) is 0 Å². The summed E-state index contributed by atoms with van der Waals surface area (Å²) >= 11 is 0. The molecule has 0 amide bonds. The lowest BCUT2D eigenvalue weighted by atomic mass is 10.1. The molecule has 1 aromatic rings. The smallest absolute Gasteiger partial charge is 0.164 e. The van der Waals surface area contributed by atoms with Gasteiger partial charge in [-0.15, -0.1) is 0 Å². The molecule has 0 spiro atoms. The molecule has 0 bridgehead atoms. The number of rotatable bonds is 7. The van der Waals surface area contributed by atoms with Gasteiger partial charge < -0.3 is 9.30 Å². The molecule has 0 aromatic carbocycles. The molecule has 1 heterocycles. The third-order valence-electron chi connectivity index (χ3n) is 2.35. The van der Waals surface area contributed by atoms with Crippen LogP contribution in [0.4, 0.5) is 0 Å². The molecule has 0 fully saturated rings. The molecule has 0 unspecified atom stereocenters. The standard InChI is InChI=1S/C13H21NO2/c1-4-5-13(15)12-6-7-14(10-12)8-9-16-11(2)3/h6-7,10-11H,4-5,8-9H2,1-3H3. The van der Waals surface area contributed by atoms with E-state index in [1.807, 2.05) is 43.8 Å². The van der Waals surface area contributed by atoms with Gasteiger partial charge in [0, 0.05) is 30.9 Å². The third kappa shape index (κ3) is 4.19. The highest BCUT2D eigenvalue weighted by molar-refractivity contribution is 5.95. The van der Waals surface area contributed by atoms with Crippen LogP contribution in [0.5, 0.6) is 0 Å². The number of carbonyl (C=O) groups is 1. The van der Waals surface area contributed by atoms with E-state index in [0.717, 1.165) is 18.5 Å². The van der Waals surface area contributed by atoms with Crippen LogP contribution in [0, 0.1) is 0 Å². The van der Waals surface area contributed by atoms with E-state index in [0.29, 0.717) is 13.0 Å². The summed E-state index contributed by atoms with van der Waals surface area (Å²) in [5.41, 5.74) is 0.811. The minimum absolute atomic E-state index is 0.228. The van der Waals surface area contributed by atoms with Crippen LogP contribution in [0.15, 0.2) is 18.5 Å². The molecule has 0 aliphatic carbocycles. The summed E-state index contributed by atoms with van der Waals surface area (Å²) < 4.78 is 7.46. The van der Waals surface area contributed by atoms with Gasteiger partial charge in [0.05, 0.1) is 12.7 Å². The number of ketones is 1. The lowest BCUT2D eigenvalue weighted by molar-refractivity contribution is 0.0727. The summed E-state index contributed by atoms with van der Waals surface area (Å²) in [7, 11) is 0. The Morgan fingerprint density at radius 1 is 1.50 bits per heavy atom. The van der Waals surface area contributed by atoms with Crippen LogP contribution < -0.4 is 0 Å². The predicted molar refractivity (Wildman–Crippen MR) is 64.8 cm³/mol. The zero-order chi connectivity index (χ0) is 12.0. The minimum atomic E-state index is 0.228. The van der Waals surface area contributed by atoms with Crippen molar-refractivity contribution in [2.24, 2.45) is 0 Å². The van der Waals surface area contributed by atoms with Gasteiger partial charge in [0.1, 0.15) is 0 Å². The first-order valence-corrected chi connectivity index (χ1v) is 5.94. The van der Waals surface area contributed by atoms with Gasteiger partial charge >= 0.3 is 0 Å². The molecule has 0 atom stereocenters. The van der Waals surface area contributed by atoms with Gasteiger partial charge in [-0.05, 0) is 26.3 Å². The van der Waals surface area contributed by atoms with E-state index >= 15 is 0 Å². The Morgan fingerprint density at radius 3 is 2.88 bits per heavy atom. The van der Waals surface area contributed by atoms with Crippen LogP contribution in [-0.2, 0) is 11.3 Å². The maximum atomic E-state index is 11.6. The van der Waals surface area contributed by atoms with Crippen molar-refractivity contribution in [1.29, 1.82) is 0 Å². The van der Waals surface area contributed by atoms with Crippen LogP contribution in [-0.4, -0.2) is 23.1 Å². The second kappa shape index (κ2) is 6.48. The Labute approximate surface area is 97.4 Å².